The van der Waals surface area contributed by atoms with Crippen molar-refractivity contribution in [1.82, 2.24) is 34.6 Å². The first-order valence-electron chi connectivity index (χ1n) is 10.5. The van der Waals surface area contributed by atoms with Gasteiger partial charge in [0.1, 0.15) is 5.52 Å². The molecule has 0 N–H and O–H groups in total. The molecule has 4 heterocycles. The molecule has 0 bridgehead atoms. The predicted molar refractivity (Wildman–Crippen MR) is 127 cm³/mol. The fourth-order valence-corrected chi connectivity index (χ4v) is 4.28. The third kappa shape index (κ3) is 4.14. The van der Waals surface area contributed by atoms with Crippen LogP contribution in [-0.4, -0.2) is 75.1 Å². The van der Waals surface area contributed by atoms with Crippen LogP contribution in [0.25, 0.3) is 28.1 Å². The van der Waals surface area contributed by atoms with Crippen LogP contribution in [0.3, 0.4) is 0 Å². The lowest BCUT2D eigenvalue weighted by atomic mass is 10.2. The zero-order chi connectivity index (χ0) is 23.7. The predicted octanol–water partition coefficient (Wildman–Crippen LogP) is 3.43. The molecule has 3 aromatic heterocycles. The summed E-state index contributed by atoms with van der Waals surface area (Å²) in [5.41, 5.74) is 2.23. The third-order valence-corrected chi connectivity index (χ3v) is 6.27. The van der Waals surface area contributed by atoms with Crippen LogP contribution < -0.4 is 9.47 Å². The fourth-order valence-electron chi connectivity index (χ4n) is 3.86. The van der Waals surface area contributed by atoms with Crippen LogP contribution >= 0.6 is 23.2 Å². The molecule has 1 aromatic carbocycles. The number of halogens is 2. The highest BCUT2D eigenvalue weighted by Crippen LogP contribution is 2.39. The molecule has 0 spiro atoms. The van der Waals surface area contributed by atoms with Gasteiger partial charge in [-0.2, -0.15) is 0 Å². The van der Waals surface area contributed by atoms with Crippen LogP contribution in [0.1, 0.15) is 5.82 Å². The number of hydrogen-bond acceptors (Lipinski definition) is 9. The zero-order valence-electron chi connectivity index (χ0n) is 18.5. The molecule has 0 radical (unpaired) electrons. The van der Waals surface area contributed by atoms with Gasteiger partial charge in [-0.25, -0.2) is 9.97 Å². The quantitative estimate of drug-likeness (QED) is 0.393. The van der Waals surface area contributed by atoms with Crippen molar-refractivity contribution in [3.63, 3.8) is 0 Å². The number of hydrogen-bond donors (Lipinski definition) is 0. The van der Waals surface area contributed by atoms with Gasteiger partial charge in [-0.1, -0.05) is 23.2 Å². The van der Waals surface area contributed by atoms with Crippen LogP contribution in [-0.2, 0) is 11.3 Å². The largest absolute Gasteiger partial charge is 0.477 e. The smallest absolute Gasteiger partial charge is 0.278 e. The van der Waals surface area contributed by atoms with Gasteiger partial charge in [0.05, 0.1) is 55.2 Å². The molecule has 0 amide bonds. The summed E-state index contributed by atoms with van der Waals surface area (Å²) in [6.07, 6.45) is 3.41. The van der Waals surface area contributed by atoms with E-state index < -0.39 is 0 Å². The van der Waals surface area contributed by atoms with E-state index in [0.29, 0.717) is 58.2 Å². The van der Waals surface area contributed by atoms with Gasteiger partial charge < -0.3 is 14.2 Å². The molecule has 4 aromatic rings. The van der Waals surface area contributed by atoms with E-state index in [0.717, 1.165) is 18.7 Å². The minimum absolute atomic E-state index is 0.223. The molecule has 1 fully saturated rings. The Hall–Kier alpha value is -3.05. The number of ether oxygens (including phenoxy) is 3. The molecule has 0 saturated carbocycles. The van der Waals surface area contributed by atoms with E-state index in [2.05, 4.69) is 30.0 Å². The number of nitrogens with zero attached hydrogens (tertiary/aromatic N) is 7. The van der Waals surface area contributed by atoms with E-state index in [-0.39, 0.29) is 11.8 Å². The summed E-state index contributed by atoms with van der Waals surface area (Å²) in [6.45, 7) is 3.41. The zero-order valence-corrected chi connectivity index (χ0v) is 20.0. The molecule has 34 heavy (non-hydrogen) atoms. The minimum Gasteiger partial charge on any atom is -0.477 e. The van der Waals surface area contributed by atoms with Crippen molar-refractivity contribution >= 4 is 34.2 Å². The van der Waals surface area contributed by atoms with Gasteiger partial charge >= 0.3 is 0 Å². The first-order chi connectivity index (χ1) is 16.6. The van der Waals surface area contributed by atoms with Crippen molar-refractivity contribution in [2.24, 2.45) is 0 Å². The summed E-state index contributed by atoms with van der Waals surface area (Å²) in [5.74, 6) is 1.69. The number of morpholine rings is 1. The van der Waals surface area contributed by atoms with Gasteiger partial charge in [0.2, 0.25) is 0 Å². The molecule has 1 aliphatic heterocycles. The normalized spacial score (nSPS) is 14.5. The maximum absolute atomic E-state index is 6.81. The molecule has 176 valence electrons. The Morgan fingerprint density at radius 2 is 1.82 bits per heavy atom. The second-order valence-electron chi connectivity index (χ2n) is 7.54. The van der Waals surface area contributed by atoms with Gasteiger partial charge in [0, 0.05) is 31.0 Å². The van der Waals surface area contributed by atoms with Gasteiger partial charge in [0.25, 0.3) is 11.8 Å². The van der Waals surface area contributed by atoms with E-state index >= 15 is 0 Å². The third-order valence-electron chi connectivity index (χ3n) is 5.50. The Balaban J connectivity index is 1.78. The Morgan fingerprint density at radius 1 is 1.06 bits per heavy atom. The van der Waals surface area contributed by atoms with Crippen molar-refractivity contribution in [2.75, 3.05) is 40.5 Å². The van der Waals surface area contributed by atoms with Crippen molar-refractivity contribution in [1.29, 1.82) is 0 Å². The molecule has 10 nitrogen and oxygen atoms in total. The lowest BCUT2D eigenvalue weighted by Crippen LogP contribution is -2.36. The lowest BCUT2D eigenvalue weighted by Gasteiger charge is -2.26. The highest BCUT2D eigenvalue weighted by atomic mass is 35.5. The lowest BCUT2D eigenvalue weighted by molar-refractivity contribution is 0.0328. The number of methoxy groups -OCH3 is 2. The first kappa shape index (κ1) is 22.7. The van der Waals surface area contributed by atoms with Gasteiger partial charge in [-0.05, 0) is 18.2 Å². The molecule has 12 heteroatoms. The van der Waals surface area contributed by atoms with Gasteiger partial charge in [0.15, 0.2) is 11.6 Å². The van der Waals surface area contributed by atoms with E-state index in [1.165, 1.54) is 14.2 Å². The van der Waals surface area contributed by atoms with Gasteiger partial charge in [-0.3, -0.25) is 14.5 Å². The van der Waals surface area contributed by atoms with Crippen LogP contribution in [0.4, 0.5) is 0 Å². The Labute approximate surface area is 205 Å². The molecule has 0 aliphatic carbocycles. The van der Waals surface area contributed by atoms with Crippen molar-refractivity contribution in [3.8, 4) is 28.8 Å². The van der Waals surface area contributed by atoms with Crippen LogP contribution in [0.2, 0.25) is 10.0 Å². The Morgan fingerprint density at radius 3 is 2.53 bits per heavy atom. The standard InChI is InChI=1S/C22H21Cl2N7O3/c1-32-21-22(33-2)27-18-15(26-21)10-14(23)17(24)19(18)31-16(12-30-6-8-34-9-7-30)28-29-20(31)13-4-3-5-25-11-13/h3-5,10-11H,6-9,12H2,1-2H3. The molecule has 0 atom stereocenters. The second kappa shape index (κ2) is 9.67. The number of rotatable bonds is 6. The van der Waals surface area contributed by atoms with E-state index in [9.17, 15) is 0 Å². The fraction of sp³-hybridized carbons (Fsp3) is 0.318. The topological polar surface area (TPSA) is 100 Å². The minimum atomic E-state index is 0.223. The number of fused-ring (bicyclic) bond motifs is 1. The first-order valence-corrected chi connectivity index (χ1v) is 11.3. The van der Waals surface area contributed by atoms with Crippen molar-refractivity contribution in [2.45, 2.75) is 6.54 Å². The summed E-state index contributed by atoms with van der Waals surface area (Å²) in [4.78, 5) is 15.7. The maximum Gasteiger partial charge on any atom is 0.278 e. The number of pyridine rings is 1. The van der Waals surface area contributed by atoms with E-state index in [1.807, 2.05) is 16.7 Å². The van der Waals surface area contributed by atoms with Crippen LogP contribution in [0.15, 0.2) is 30.6 Å². The average Bonchev–Trinajstić information content (AvgIpc) is 3.28. The molecule has 1 saturated heterocycles. The summed E-state index contributed by atoms with van der Waals surface area (Å²) >= 11 is 13.4. The highest BCUT2D eigenvalue weighted by Gasteiger charge is 2.26. The molecule has 0 unspecified atom stereocenters. The highest BCUT2D eigenvalue weighted by molar-refractivity contribution is 6.44. The van der Waals surface area contributed by atoms with Crippen molar-refractivity contribution in [3.05, 3.63) is 46.5 Å². The Bertz CT molecular complexity index is 1330. The number of aromatic nitrogens is 6. The molecular weight excluding hydrogens is 481 g/mol. The molecule has 1 aliphatic rings. The summed E-state index contributed by atoms with van der Waals surface area (Å²) < 4.78 is 18.1. The maximum atomic E-state index is 6.81. The van der Waals surface area contributed by atoms with Gasteiger partial charge in [-0.15, -0.1) is 10.2 Å². The van der Waals surface area contributed by atoms with Crippen molar-refractivity contribution < 1.29 is 14.2 Å². The van der Waals surface area contributed by atoms with E-state index in [4.69, 9.17) is 37.4 Å². The average molecular weight is 502 g/mol. The van der Waals surface area contributed by atoms with Crippen LogP contribution in [0, 0.1) is 0 Å². The summed E-state index contributed by atoms with van der Waals surface area (Å²) in [7, 11) is 3.00. The molecular formula is C22H21Cl2N7O3. The summed E-state index contributed by atoms with van der Waals surface area (Å²) in [6, 6.07) is 5.39. The summed E-state index contributed by atoms with van der Waals surface area (Å²) in [5, 5.41) is 9.61. The second-order valence-corrected chi connectivity index (χ2v) is 8.32. The van der Waals surface area contributed by atoms with E-state index in [1.54, 1.807) is 18.5 Å². The SMILES string of the molecule is COc1nc2cc(Cl)c(Cl)c(-n3c(CN4CCOCC4)nnc3-c3cccnc3)c2nc1OC. The number of benzene rings is 1. The molecule has 5 rings (SSSR count). The Kier molecular flexibility index (Phi) is 6.46. The monoisotopic (exact) mass is 501 g/mol. The van der Waals surface area contributed by atoms with Crippen LogP contribution in [0.5, 0.6) is 11.8 Å².